The molecule has 80 valence electrons. The van der Waals surface area contributed by atoms with E-state index in [0.717, 1.165) is 38.5 Å². The molecule has 1 N–H and O–H groups in total. The zero-order valence-electron chi connectivity index (χ0n) is 8.96. The van der Waals surface area contributed by atoms with Gasteiger partial charge < -0.3 is 5.11 Å². The summed E-state index contributed by atoms with van der Waals surface area (Å²) < 4.78 is 0. The summed E-state index contributed by atoms with van der Waals surface area (Å²) in [5.74, 6) is 0.660. The lowest BCUT2D eigenvalue weighted by Crippen LogP contribution is -2.38. The van der Waals surface area contributed by atoms with Crippen molar-refractivity contribution in [3.8, 4) is 0 Å². The molecule has 2 heteroatoms. The van der Waals surface area contributed by atoms with E-state index >= 15 is 0 Å². The molecule has 2 rings (SSSR count). The first-order valence-electron chi connectivity index (χ1n) is 5.92. The van der Waals surface area contributed by atoms with Crippen LogP contribution in [0.25, 0.3) is 0 Å². The Bertz CT molecular complexity index is 232. The van der Waals surface area contributed by atoms with Crippen LogP contribution in [0.5, 0.6) is 0 Å². The topological polar surface area (TPSA) is 37.3 Å². The minimum absolute atomic E-state index is 0.321. The molecule has 0 aliphatic heterocycles. The molecule has 2 aliphatic rings. The molecule has 2 nitrogen and oxygen atoms in total. The molecular formula is C12H20O2. The monoisotopic (exact) mass is 196 g/mol. The number of hydrogen-bond acceptors (Lipinski definition) is 1. The van der Waals surface area contributed by atoms with Crippen molar-refractivity contribution in [2.75, 3.05) is 0 Å². The first-order chi connectivity index (χ1) is 6.69. The van der Waals surface area contributed by atoms with Gasteiger partial charge in [0.1, 0.15) is 0 Å². The highest BCUT2D eigenvalue weighted by atomic mass is 16.4. The Labute approximate surface area is 85.7 Å². The molecule has 0 heterocycles. The minimum atomic E-state index is -0.516. The maximum atomic E-state index is 11.4. The smallest absolute Gasteiger partial charge is 0.309 e. The Morgan fingerprint density at radius 3 is 2.64 bits per heavy atom. The largest absolute Gasteiger partial charge is 0.481 e. The normalized spacial score (nSPS) is 38.2. The van der Waals surface area contributed by atoms with Crippen LogP contribution >= 0.6 is 0 Å². The van der Waals surface area contributed by atoms with Gasteiger partial charge in [0.05, 0.1) is 5.41 Å². The van der Waals surface area contributed by atoms with Crippen molar-refractivity contribution in [3.05, 3.63) is 0 Å². The molecule has 0 amide bonds. The Hall–Kier alpha value is -0.530. The average molecular weight is 196 g/mol. The zero-order valence-corrected chi connectivity index (χ0v) is 8.96. The molecular weight excluding hydrogens is 176 g/mol. The first kappa shape index (κ1) is 10.0. The van der Waals surface area contributed by atoms with E-state index < -0.39 is 5.97 Å². The second kappa shape index (κ2) is 3.56. The summed E-state index contributed by atoms with van der Waals surface area (Å²) in [5.41, 5.74) is -0.321. The van der Waals surface area contributed by atoms with Crippen molar-refractivity contribution in [1.29, 1.82) is 0 Å². The highest BCUT2D eigenvalue weighted by Crippen LogP contribution is 2.55. The van der Waals surface area contributed by atoms with E-state index in [9.17, 15) is 9.90 Å². The summed E-state index contributed by atoms with van der Waals surface area (Å²) >= 11 is 0. The van der Waals surface area contributed by atoms with E-state index in [1.807, 2.05) is 0 Å². The van der Waals surface area contributed by atoms with E-state index in [0.29, 0.717) is 11.8 Å². The molecule has 0 saturated heterocycles. The van der Waals surface area contributed by atoms with Crippen LogP contribution in [0, 0.1) is 17.3 Å². The number of hydrogen-bond donors (Lipinski definition) is 1. The zero-order chi connectivity index (χ0) is 10.2. The first-order valence-corrected chi connectivity index (χ1v) is 5.92. The molecule has 0 radical (unpaired) electrons. The second-order valence-electron chi connectivity index (χ2n) is 5.11. The maximum absolute atomic E-state index is 11.4. The molecule has 0 aromatic heterocycles. The van der Waals surface area contributed by atoms with Gasteiger partial charge in [-0.25, -0.2) is 0 Å². The van der Waals surface area contributed by atoms with E-state index in [2.05, 4.69) is 6.92 Å². The number of rotatable bonds is 3. The predicted molar refractivity (Wildman–Crippen MR) is 55.0 cm³/mol. The lowest BCUT2D eigenvalue weighted by molar-refractivity contribution is -0.154. The third kappa shape index (κ3) is 1.55. The van der Waals surface area contributed by atoms with E-state index in [1.165, 1.54) is 6.42 Å². The Morgan fingerprint density at radius 1 is 1.43 bits per heavy atom. The molecule has 2 unspecified atom stereocenters. The summed E-state index contributed by atoms with van der Waals surface area (Å²) in [7, 11) is 0. The predicted octanol–water partition coefficient (Wildman–Crippen LogP) is 3.07. The van der Waals surface area contributed by atoms with Gasteiger partial charge in [-0.3, -0.25) is 4.79 Å². The fourth-order valence-corrected chi connectivity index (χ4v) is 3.15. The van der Waals surface area contributed by atoms with Crippen LogP contribution in [-0.4, -0.2) is 11.1 Å². The lowest BCUT2D eigenvalue weighted by atomic mass is 9.66. The highest BCUT2D eigenvalue weighted by molar-refractivity contribution is 5.75. The van der Waals surface area contributed by atoms with Gasteiger partial charge in [-0.1, -0.05) is 26.2 Å². The quantitative estimate of drug-likeness (QED) is 0.753. The van der Waals surface area contributed by atoms with Gasteiger partial charge in [-0.05, 0) is 37.5 Å². The number of carboxylic acid groups (broad SMARTS) is 1. The van der Waals surface area contributed by atoms with Gasteiger partial charge in [0.25, 0.3) is 0 Å². The van der Waals surface area contributed by atoms with Gasteiger partial charge >= 0.3 is 5.97 Å². The molecule has 2 fully saturated rings. The van der Waals surface area contributed by atoms with Crippen LogP contribution in [0.2, 0.25) is 0 Å². The summed E-state index contributed by atoms with van der Waals surface area (Å²) in [6, 6.07) is 0. The summed E-state index contributed by atoms with van der Waals surface area (Å²) in [5, 5.41) is 9.41. The fraction of sp³-hybridized carbons (Fsp3) is 0.917. The van der Waals surface area contributed by atoms with Gasteiger partial charge in [-0.2, -0.15) is 0 Å². The van der Waals surface area contributed by atoms with Crippen molar-refractivity contribution in [2.24, 2.45) is 17.3 Å². The number of carboxylic acids is 1. The molecule has 2 aliphatic carbocycles. The number of aliphatic carboxylic acids is 1. The molecule has 2 atom stereocenters. The highest BCUT2D eigenvalue weighted by Gasteiger charge is 2.52. The molecule has 0 bridgehead atoms. The van der Waals surface area contributed by atoms with E-state index in [4.69, 9.17) is 0 Å². The van der Waals surface area contributed by atoms with E-state index in [-0.39, 0.29) is 5.41 Å². The standard InChI is InChI=1S/C12H20O2/c1-2-9-4-3-7-12(8-9,11(13)14)10-5-6-10/h9-10H,2-8H2,1H3,(H,13,14). The third-order valence-corrected chi connectivity index (χ3v) is 4.25. The molecule has 0 spiro atoms. The maximum Gasteiger partial charge on any atom is 0.309 e. The Kier molecular flexibility index (Phi) is 2.54. The molecule has 0 aromatic carbocycles. The van der Waals surface area contributed by atoms with Crippen molar-refractivity contribution in [1.82, 2.24) is 0 Å². The van der Waals surface area contributed by atoms with Crippen LogP contribution in [0.3, 0.4) is 0 Å². The van der Waals surface area contributed by atoms with Crippen LogP contribution in [0.4, 0.5) is 0 Å². The lowest BCUT2D eigenvalue weighted by Gasteiger charge is -2.37. The van der Waals surface area contributed by atoms with Gasteiger partial charge in [0.2, 0.25) is 0 Å². The van der Waals surface area contributed by atoms with Crippen molar-refractivity contribution in [2.45, 2.75) is 51.9 Å². The third-order valence-electron chi connectivity index (χ3n) is 4.25. The van der Waals surface area contributed by atoms with Crippen LogP contribution in [0.15, 0.2) is 0 Å². The van der Waals surface area contributed by atoms with Crippen LogP contribution in [-0.2, 0) is 4.79 Å². The fourth-order valence-electron chi connectivity index (χ4n) is 3.15. The van der Waals surface area contributed by atoms with Crippen molar-refractivity contribution in [3.63, 3.8) is 0 Å². The molecule has 14 heavy (non-hydrogen) atoms. The molecule has 2 saturated carbocycles. The van der Waals surface area contributed by atoms with Crippen molar-refractivity contribution < 1.29 is 9.90 Å². The summed E-state index contributed by atoms with van der Waals surface area (Å²) in [6.07, 6.45) is 7.72. The summed E-state index contributed by atoms with van der Waals surface area (Å²) in [6.45, 7) is 2.19. The number of carbonyl (C=O) groups is 1. The Morgan fingerprint density at radius 2 is 2.14 bits per heavy atom. The SMILES string of the molecule is CCC1CCCC(C(=O)O)(C2CC2)C1. The van der Waals surface area contributed by atoms with E-state index in [1.54, 1.807) is 0 Å². The second-order valence-corrected chi connectivity index (χ2v) is 5.11. The summed E-state index contributed by atoms with van der Waals surface area (Å²) in [4.78, 5) is 11.4. The van der Waals surface area contributed by atoms with Crippen LogP contribution < -0.4 is 0 Å². The van der Waals surface area contributed by atoms with Gasteiger partial charge in [-0.15, -0.1) is 0 Å². The van der Waals surface area contributed by atoms with Gasteiger partial charge in [0.15, 0.2) is 0 Å². The minimum Gasteiger partial charge on any atom is -0.481 e. The Balaban J connectivity index is 2.13. The molecule has 0 aromatic rings. The van der Waals surface area contributed by atoms with Crippen LogP contribution in [0.1, 0.15) is 51.9 Å². The van der Waals surface area contributed by atoms with Gasteiger partial charge in [0, 0.05) is 0 Å². The average Bonchev–Trinajstić information content (AvgIpc) is 3.01. The van der Waals surface area contributed by atoms with Crippen molar-refractivity contribution >= 4 is 5.97 Å².